The Kier molecular flexibility index (Phi) is 4.98. The summed E-state index contributed by atoms with van der Waals surface area (Å²) in [7, 11) is -3.98. The number of nitrogens with two attached hydrogens (primary N) is 1. The van der Waals surface area contributed by atoms with Gasteiger partial charge in [-0.2, -0.15) is 4.72 Å². The number of ether oxygens (including phenoxy) is 1. The van der Waals surface area contributed by atoms with Gasteiger partial charge in [-0.1, -0.05) is 12.1 Å². The van der Waals surface area contributed by atoms with Crippen molar-refractivity contribution in [1.29, 1.82) is 0 Å². The standard InChI is InChI=1S/C18H17N3O5S/c1-11(18(23)26-16-10-20-15-5-3-2-4-14(15)16)21-27(24,25)13-8-6-12(7-9-13)17(19)22/h2-11,20-21H,1H3,(H2,19,22)/t11-/m0/s1. The molecule has 3 rings (SSSR count). The van der Waals surface area contributed by atoms with E-state index in [-0.39, 0.29) is 10.5 Å². The number of aromatic nitrogens is 1. The second-order valence-electron chi connectivity index (χ2n) is 5.85. The Hall–Kier alpha value is -3.17. The molecule has 9 heteroatoms. The third kappa shape index (κ3) is 3.99. The van der Waals surface area contributed by atoms with Gasteiger partial charge in [0.1, 0.15) is 6.04 Å². The van der Waals surface area contributed by atoms with Gasteiger partial charge in [-0.3, -0.25) is 4.79 Å². The zero-order chi connectivity index (χ0) is 19.6. The van der Waals surface area contributed by atoms with Gasteiger partial charge in [0.15, 0.2) is 5.75 Å². The topological polar surface area (TPSA) is 131 Å². The van der Waals surface area contributed by atoms with Gasteiger partial charge in [0.25, 0.3) is 0 Å². The van der Waals surface area contributed by atoms with Crippen LogP contribution in [0.1, 0.15) is 17.3 Å². The van der Waals surface area contributed by atoms with Gasteiger partial charge >= 0.3 is 5.97 Å². The molecule has 0 bridgehead atoms. The summed E-state index contributed by atoms with van der Waals surface area (Å²) in [6.07, 6.45) is 1.53. The molecule has 1 atom stereocenters. The van der Waals surface area contributed by atoms with E-state index in [1.54, 1.807) is 12.1 Å². The molecule has 3 aromatic rings. The molecule has 1 amide bonds. The number of rotatable bonds is 6. The van der Waals surface area contributed by atoms with Gasteiger partial charge in [-0.25, -0.2) is 13.2 Å². The lowest BCUT2D eigenvalue weighted by Crippen LogP contribution is -2.40. The average molecular weight is 387 g/mol. The van der Waals surface area contributed by atoms with Crippen molar-refractivity contribution in [3.05, 3.63) is 60.3 Å². The van der Waals surface area contributed by atoms with Gasteiger partial charge in [0.05, 0.1) is 4.90 Å². The second-order valence-corrected chi connectivity index (χ2v) is 7.57. The van der Waals surface area contributed by atoms with Gasteiger partial charge in [0.2, 0.25) is 15.9 Å². The minimum Gasteiger partial charge on any atom is -0.423 e. The van der Waals surface area contributed by atoms with Crippen LogP contribution in [0.2, 0.25) is 0 Å². The smallest absolute Gasteiger partial charge is 0.329 e. The van der Waals surface area contributed by atoms with Crippen molar-refractivity contribution < 1.29 is 22.7 Å². The van der Waals surface area contributed by atoms with Crippen LogP contribution < -0.4 is 15.2 Å². The number of carbonyl (C=O) groups is 2. The van der Waals surface area contributed by atoms with Crippen LogP contribution in [0, 0.1) is 0 Å². The molecule has 1 aromatic heterocycles. The highest BCUT2D eigenvalue weighted by Gasteiger charge is 2.24. The van der Waals surface area contributed by atoms with Crippen LogP contribution in [0.3, 0.4) is 0 Å². The van der Waals surface area contributed by atoms with E-state index in [1.165, 1.54) is 37.4 Å². The predicted octanol–water partition coefficient (Wildman–Crippen LogP) is 1.54. The zero-order valence-electron chi connectivity index (χ0n) is 14.3. The summed E-state index contributed by atoms with van der Waals surface area (Å²) in [4.78, 5) is 26.2. The maximum Gasteiger partial charge on any atom is 0.329 e. The first kappa shape index (κ1) is 18.6. The third-order valence-corrected chi connectivity index (χ3v) is 5.45. The lowest BCUT2D eigenvalue weighted by molar-refractivity contribution is -0.135. The summed E-state index contributed by atoms with van der Waals surface area (Å²) >= 11 is 0. The van der Waals surface area contributed by atoms with Crippen molar-refractivity contribution in [3.8, 4) is 5.75 Å². The van der Waals surface area contributed by atoms with Crippen LogP contribution in [0.4, 0.5) is 0 Å². The fourth-order valence-corrected chi connectivity index (χ4v) is 3.67. The number of benzene rings is 2. The monoisotopic (exact) mass is 387 g/mol. The molecule has 0 fully saturated rings. The highest BCUT2D eigenvalue weighted by molar-refractivity contribution is 7.89. The Balaban J connectivity index is 1.72. The molecule has 0 aliphatic rings. The number of fused-ring (bicyclic) bond motifs is 1. The number of esters is 1. The first-order valence-corrected chi connectivity index (χ1v) is 9.46. The van der Waals surface area contributed by atoms with Crippen LogP contribution in [0.25, 0.3) is 10.9 Å². The summed E-state index contributed by atoms with van der Waals surface area (Å²) < 4.78 is 32.4. The molecule has 0 radical (unpaired) electrons. The quantitative estimate of drug-likeness (QED) is 0.552. The van der Waals surface area contributed by atoms with E-state index in [1.807, 2.05) is 12.1 Å². The van der Waals surface area contributed by atoms with Crippen LogP contribution >= 0.6 is 0 Å². The Morgan fingerprint density at radius 2 is 1.78 bits per heavy atom. The fourth-order valence-electron chi connectivity index (χ4n) is 2.47. The minimum absolute atomic E-state index is 0.0979. The van der Waals surface area contributed by atoms with Crippen LogP contribution in [0.15, 0.2) is 59.6 Å². The number of amides is 1. The Morgan fingerprint density at radius 1 is 1.11 bits per heavy atom. The molecule has 4 N–H and O–H groups in total. The molecule has 1 heterocycles. The number of para-hydroxylation sites is 1. The predicted molar refractivity (Wildman–Crippen MR) is 98.7 cm³/mol. The summed E-state index contributed by atoms with van der Waals surface area (Å²) in [5, 5.41) is 0.711. The summed E-state index contributed by atoms with van der Waals surface area (Å²) in [5.41, 5.74) is 6.11. The van der Waals surface area contributed by atoms with Crippen molar-refractivity contribution in [2.24, 2.45) is 5.73 Å². The van der Waals surface area contributed by atoms with Crippen molar-refractivity contribution >= 4 is 32.8 Å². The largest absolute Gasteiger partial charge is 0.423 e. The summed E-state index contributed by atoms with van der Waals surface area (Å²) in [5.74, 6) is -1.10. The van der Waals surface area contributed by atoms with E-state index >= 15 is 0 Å². The van der Waals surface area contributed by atoms with Gasteiger partial charge in [-0.15, -0.1) is 0 Å². The number of H-pyrrole nitrogens is 1. The summed E-state index contributed by atoms with van der Waals surface area (Å²) in [6, 6.07) is 11.2. The van der Waals surface area contributed by atoms with E-state index in [2.05, 4.69) is 9.71 Å². The average Bonchev–Trinajstić information content (AvgIpc) is 3.04. The molecular formula is C18H17N3O5S. The number of aromatic amines is 1. The lowest BCUT2D eigenvalue weighted by Gasteiger charge is -2.13. The molecule has 0 aliphatic heterocycles. The molecule has 8 nitrogen and oxygen atoms in total. The van der Waals surface area contributed by atoms with E-state index in [9.17, 15) is 18.0 Å². The minimum atomic E-state index is -3.98. The molecule has 0 aliphatic carbocycles. The van der Waals surface area contributed by atoms with Crippen LogP contribution in [0.5, 0.6) is 5.75 Å². The zero-order valence-corrected chi connectivity index (χ0v) is 15.1. The normalized spacial score (nSPS) is 12.6. The molecule has 0 saturated carbocycles. The summed E-state index contributed by atoms with van der Waals surface area (Å²) in [6.45, 7) is 1.38. The van der Waals surface area contributed by atoms with E-state index in [4.69, 9.17) is 10.5 Å². The van der Waals surface area contributed by atoms with Crippen molar-refractivity contribution in [3.63, 3.8) is 0 Å². The number of hydrogen-bond acceptors (Lipinski definition) is 5. The molecule has 0 unspecified atom stereocenters. The molecule has 0 saturated heterocycles. The van der Waals surface area contributed by atoms with Crippen molar-refractivity contribution in [2.75, 3.05) is 0 Å². The van der Waals surface area contributed by atoms with Crippen molar-refractivity contribution in [2.45, 2.75) is 17.9 Å². The van der Waals surface area contributed by atoms with Crippen LogP contribution in [-0.4, -0.2) is 31.3 Å². The maximum atomic E-state index is 12.4. The maximum absolute atomic E-state index is 12.4. The molecule has 27 heavy (non-hydrogen) atoms. The SMILES string of the molecule is C[C@H](NS(=O)(=O)c1ccc(C(N)=O)cc1)C(=O)Oc1c[nH]c2ccccc12. The van der Waals surface area contributed by atoms with Gasteiger partial charge in [0, 0.05) is 22.7 Å². The Labute approximate surface area is 155 Å². The molecule has 2 aromatic carbocycles. The van der Waals surface area contributed by atoms with Gasteiger partial charge < -0.3 is 15.5 Å². The first-order valence-electron chi connectivity index (χ1n) is 7.98. The number of nitrogens with one attached hydrogen (secondary N) is 2. The third-order valence-electron chi connectivity index (χ3n) is 3.90. The highest BCUT2D eigenvalue weighted by atomic mass is 32.2. The lowest BCUT2D eigenvalue weighted by atomic mass is 10.2. The fraction of sp³-hybridized carbons (Fsp3) is 0.111. The van der Waals surface area contributed by atoms with E-state index in [0.29, 0.717) is 11.1 Å². The van der Waals surface area contributed by atoms with Crippen molar-refractivity contribution in [1.82, 2.24) is 9.71 Å². The number of primary amides is 1. The number of sulfonamides is 1. The highest BCUT2D eigenvalue weighted by Crippen LogP contribution is 2.25. The van der Waals surface area contributed by atoms with Gasteiger partial charge in [-0.05, 0) is 43.3 Å². The van der Waals surface area contributed by atoms with E-state index < -0.39 is 27.9 Å². The van der Waals surface area contributed by atoms with Crippen LogP contribution in [-0.2, 0) is 14.8 Å². The molecular weight excluding hydrogens is 370 g/mol. The number of carbonyl (C=O) groups excluding carboxylic acids is 2. The Bertz CT molecular complexity index is 1100. The van der Waals surface area contributed by atoms with E-state index in [0.717, 1.165) is 5.52 Å². The Morgan fingerprint density at radius 3 is 2.44 bits per heavy atom. The first-order chi connectivity index (χ1) is 12.8. The second kappa shape index (κ2) is 7.22. The molecule has 140 valence electrons. The number of hydrogen-bond donors (Lipinski definition) is 3. The molecule has 0 spiro atoms.